The minimum Gasteiger partial charge on any atom is -0.507 e. The van der Waals surface area contributed by atoms with Gasteiger partial charge in [-0.1, -0.05) is 6.07 Å². The van der Waals surface area contributed by atoms with Crippen molar-refractivity contribution in [2.24, 2.45) is 7.05 Å². The zero-order chi connectivity index (χ0) is 16.4. The van der Waals surface area contributed by atoms with Crippen molar-refractivity contribution in [2.75, 3.05) is 12.4 Å². The Morgan fingerprint density at radius 1 is 1.09 bits per heavy atom. The summed E-state index contributed by atoms with van der Waals surface area (Å²) in [5, 5.41) is 21.2. The minimum absolute atomic E-state index is 0.0523. The monoisotopic (exact) mass is 309 g/mol. The molecule has 2 heterocycles. The molecule has 0 fully saturated rings. The predicted molar refractivity (Wildman–Crippen MR) is 87.2 cm³/mol. The van der Waals surface area contributed by atoms with Gasteiger partial charge in [0.15, 0.2) is 0 Å². The molecule has 0 aliphatic rings. The summed E-state index contributed by atoms with van der Waals surface area (Å²) in [6.45, 7) is 0. The van der Waals surface area contributed by atoms with Gasteiger partial charge in [-0.05, 0) is 24.3 Å². The van der Waals surface area contributed by atoms with Crippen molar-refractivity contribution in [2.45, 2.75) is 0 Å². The van der Waals surface area contributed by atoms with Gasteiger partial charge >= 0.3 is 0 Å². The van der Waals surface area contributed by atoms with Crippen molar-refractivity contribution < 1.29 is 5.11 Å². The second-order valence-electron chi connectivity index (χ2n) is 5.01. The summed E-state index contributed by atoms with van der Waals surface area (Å²) in [5.41, 5.74) is 2.13. The van der Waals surface area contributed by atoms with Gasteiger partial charge in [0, 0.05) is 31.3 Å². The number of phenolic OH excluding ortho intramolecular Hbond substituents is 1. The lowest BCUT2D eigenvalue weighted by atomic mass is 10.1. The topological polar surface area (TPSA) is 92.9 Å². The number of nitrogens with zero attached hydrogens (tertiary/aromatic N) is 4. The van der Waals surface area contributed by atoms with Crippen LogP contribution < -0.4 is 10.9 Å². The van der Waals surface area contributed by atoms with E-state index >= 15 is 0 Å². The van der Waals surface area contributed by atoms with Gasteiger partial charge in [-0.2, -0.15) is 0 Å². The van der Waals surface area contributed by atoms with E-state index in [2.05, 4.69) is 20.5 Å². The quantitative estimate of drug-likeness (QED) is 0.764. The highest BCUT2D eigenvalue weighted by Crippen LogP contribution is 2.31. The lowest BCUT2D eigenvalue weighted by Gasteiger charge is -2.07. The van der Waals surface area contributed by atoms with E-state index in [-0.39, 0.29) is 11.3 Å². The van der Waals surface area contributed by atoms with Crippen molar-refractivity contribution in [3.05, 3.63) is 53.1 Å². The van der Waals surface area contributed by atoms with Crippen LogP contribution in [0.1, 0.15) is 0 Å². The molecule has 0 bridgehead atoms. The molecule has 3 rings (SSSR count). The number of anilines is 1. The van der Waals surface area contributed by atoms with Crippen LogP contribution in [-0.4, -0.2) is 31.9 Å². The molecule has 2 N–H and O–H groups in total. The van der Waals surface area contributed by atoms with Gasteiger partial charge in [-0.15, -0.1) is 10.2 Å². The van der Waals surface area contributed by atoms with E-state index < -0.39 is 0 Å². The first kappa shape index (κ1) is 14.7. The maximum Gasteiger partial charge on any atom is 0.253 e. The van der Waals surface area contributed by atoms with Gasteiger partial charge in [0.1, 0.15) is 11.6 Å². The number of phenols is 1. The number of aryl methyl sites for hydroxylation is 1. The fourth-order valence-electron chi connectivity index (χ4n) is 2.14. The lowest BCUT2D eigenvalue weighted by Crippen LogP contribution is -2.15. The Balaban J connectivity index is 1.99. The van der Waals surface area contributed by atoms with Gasteiger partial charge in [0.05, 0.1) is 17.7 Å². The highest BCUT2D eigenvalue weighted by atomic mass is 16.3. The van der Waals surface area contributed by atoms with E-state index in [0.717, 1.165) is 0 Å². The van der Waals surface area contributed by atoms with Crippen molar-refractivity contribution in [3.63, 3.8) is 0 Å². The molecule has 0 aliphatic carbocycles. The van der Waals surface area contributed by atoms with Gasteiger partial charge in [-0.25, -0.2) is 4.98 Å². The average molecular weight is 309 g/mol. The molecule has 23 heavy (non-hydrogen) atoms. The normalized spacial score (nSPS) is 10.5. The molecule has 0 spiro atoms. The average Bonchev–Trinajstić information content (AvgIpc) is 2.57. The summed E-state index contributed by atoms with van der Waals surface area (Å²) in [5.74, 6) is 0.700. The van der Waals surface area contributed by atoms with Crippen molar-refractivity contribution in [1.82, 2.24) is 19.7 Å². The first-order valence-corrected chi connectivity index (χ1v) is 6.96. The number of nitrogens with one attached hydrogen (secondary N) is 1. The molecule has 0 saturated carbocycles. The number of hydrogen-bond donors (Lipinski definition) is 2. The fourth-order valence-corrected chi connectivity index (χ4v) is 2.14. The van der Waals surface area contributed by atoms with Crippen molar-refractivity contribution >= 4 is 5.82 Å². The summed E-state index contributed by atoms with van der Waals surface area (Å²) in [6, 6.07) is 10.0. The Morgan fingerprint density at radius 3 is 2.52 bits per heavy atom. The SMILES string of the molecule is CNc1ccc(-c2ccc(-c3cc(=O)n(C)cn3)cc2O)nn1. The number of benzene rings is 1. The summed E-state index contributed by atoms with van der Waals surface area (Å²) in [4.78, 5) is 15.9. The molecule has 0 atom stereocenters. The van der Waals surface area contributed by atoms with Crippen molar-refractivity contribution in [1.29, 1.82) is 0 Å². The Labute approximate surface area is 132 Å². The first-order valence-electron chi connectivity index (χ1n) is 6.96. The molecule has 0 aliphatic heterocycles. The van der Waals surface area contributed by atoms with Crippen LogP contribution in [0.25, 0.3) is 22.5 Å². The molecular weight excluding hydrogens is 294 g/mol. The van der Waals surface area contributed by atoms with Gasteiger partial charge < -0.3 is 15.0 Å². The summed E-state index contributed by atoms with van der Waals surface area (Å²) >= 11 is 0. The van der Waals surface area contributed by atoms with Crippen LogP contribution in [0.3, 0.4) is 0 Å². The molecule has 1 aromatic carbocycles. The Morgan fingerprint density at radius 2 is 1.91 bits per heavy atom. The van der Waals surface area contributed by atoms with Crippen LogP contribution in [0.15, 0.2) is 47.5 Å². The molecule has 7 heteroatoms. The zero-order valence-electron chi connectivity index (χ0n) is 12.7. The van der Waals surface area contributed by atoms with Crippen LogP contribution in [0.2, 0.25) is 0 Å². The van der Waals surface area contributed by atoms with E-state index in [1.54, 1.807) is 44.4 Å². The second-order valence-corrected chi connectivity index (χ2v) is 5.01. The third-order valence-corrected chi connectivity index (χ3v) is 3.47. The maximum absolute atomic E-state index is 11.7. The fraction of sp³-hybridized carbons (Fsp3) is 0.125. The Kier molecular flexibility index (Phi) is 3.76. The summed E-state index contributed by atoms with van der Waals surface area (Å²) in [6.07, 6.45) is 1.45. The van der Waals surface area contributed by atoms with Crippen LogP contribution in [0.4, 0.5) is 5.82 Å². The molecule has 0 unspecified atom stereocenters. The van der Waals surface area contributed by atoms with E-state index in [4.69, 9.17) is 0 Å². The lowest BCUT2D eigenvalue weighted by molar-refractivity contribution is 0.477. The van der Waals surface area contributed by atoms with Gasteiger partial charge in [0.2, 0.25) is 0 Å². The van der Waals surface area contributed by atoms with Gasteiger partial charge in [-0.3, -0.25) is 4.79 Å². The number of aromatic nitrogens is 4. The number of aromatic hydroxyl groups is 1. The highest BCUT2D eigenvalue weighted by molar-refractivity contribution is 5.72. The largest absolute Gasteiger partial charge is 0.507 e. The van der Waals surface area contributed by atoms with E-state index in [1.807, 2.05) is 0 Å². The Hall–Kier alpha value is -3.22. The molecule has 2 aromatic heterocycles. The van der Waals surface area contributed by atoms with E-state index in [9.17, 15) is 9.90 Å². The maximum atomic E-state index is 11.7. The molecule has 3 aromatic rings. The zero-order valence-corrected chi connectivity index (χ0v) is 12.7. The summed E-state index contributed by atoms with van der Waals surface area (Å²) in [7, 11) is 3.39. The number of rotatable bonds is 3. The van der Waals surface area contributed by atoms with E-state index in [1.165, 1.54) is 17.0 Å². The minimum atomic E-state index is -0.160. The van der Waals surface area contributed by atoms with Gasteiger partial charge in [0.25, 0.3) is 5.56 Å². The number of hydrogen-bond acceptors (Lipinski definition) is 6. The van der Waals surface area contributed by atoms with Crippen LogP contribution in [-0.2, 0) is 7.05 Å². The Bertz CT molecular complexity index is 903. The van der Waals surface area contributed by atoms with Crippen molar-refractivity contribution in [3.8, 4) is 28.3 Å². The van der Waals surface area contributed by atoms with Crippen LogP contribution >= 0.6 is 0 Å². The smallest absolute Gasteiger partial charge is 0.253 e. The first-order chi connectivity index (χ1) is 11.1. The molecule has 7 nitrogen and oxygen atoms in total. The molecule has 0 saturated heterocycles. The third kappa shape index (κ3) is 2.89. The second kappa shape index (κ2) is 5.88. The molecule has 0 radical (unpaired) electrons. The highest BCUT2D eigenvalue weighted by Gasteiger charge is 2.10. The molecule has 0 amide bonds. The predicted octanol–water partition coefficient (Wildman–Crippen LogP) is 1.65. The summed E-state index contributed by atoms with van der Waals surface area (Å²) < 4.78 is 1.39. The standard InChI is InChI=1S/C16H15N5O2/c1-17-15-6-5-12(19-20-15)11-4-3-10(7-14(11)22)13-8-16(23)21(2)9-18-13/h3-9,22H,1-2H3,(H,17,20). The van der Waals surface area contributed by atoms with Crippen LogP contribution in [0.5, 0.6) is 5.75 Å². The third-order valence-electron chi connectivity index (χ3n) is 3.47. The molecular formula is C16H15N5O2. The molecule has 116 valence electrons. The van der Waals surface area contributed by atoms with Crippen LogP contribution in [0, 0.1) is 0 Å². The van der Waals surface area contributed by atoms with E-state index in [0.29, 0.717) is 28.3 Å².